The van der Waals surface area contributed by atoms with E-state index in [4.69, 9.17) is 5.73 Å². The van der Waals surface area contributed by atoms with Crippen LogP contribution in [0.15, 0.2) is 4.99 Å². The van der Waals surface area contributed by atoms with Crippen molar-refractivity contribution in [1.82, 2.24) is 9.80 Å². The lowest BCUT2D eigenvalue weighted by Crippen LogP contribution is -2.43. The lowest BCUT2D eigenvalue weighted by atomic mass is 10.0. The minimum absolute atomic E-state index is 0. The van der Waals surface area contributed by atoms with Gasteiger partial charge < -0.3 is 15.5 Å². The summed E-state index contributed by atoms with van der Waals surface area (Å²) in [6, 6.07) is 0. The van der Waals surface area contributed by atoms with Crippen LogP contribution in [0.2, 0.25) is 0 Å². The SMILES string of the molecule is CC1CCCN(C(N)=NCCCN2CCCC2)C1.I. The van der Waals surface area contributed by atoms with Crippen molar-refractivity contribution in [3.63, 3.8) is 0 Å². The molecule has 4 nitrogen and oxygen atoms in total. The molecule has 2 rings (SSSR count). The Morgan fingerprint density at radius 1 is 1.21 bits per heavy atom. The molecule has 0 spiro atoms. The number of hydrogen-bond donors (Lipinski definition) is 1. The summed E-state index contributed by atoms with van der Waals surface area (Å²) in [5, 5.41) is 0. The van der Waals surface area contributed by atoms with Gasteiger partial charge in [0.1, 0.15) is 0 Å². The van der Waals surface area contributed by atoms with Crippen molar-refractivity contribution < 1.29 is 0 Å². The predicted octanol–water partition coefficient (Wildman–Crippen LogP) is 2.14. The monoisotopic (exact) mass is 380 g/mol. The molecule has 0 aliphatic carbocycles. The maximum absolute atomic E-state index is 6.07. The van der Waals surface area contributed by atoms with E-state index in [9.17, 15) is 0 Å². The maximum Gasteiger partial charge on any atom is 0.191 e. The average molecular weight is 380 g/mol. The Kier molecular flexibility index (Phi) is 8.06. The third-order valence-electron chi connectivity index (χ3n) is 4.09. The first-order valence-electron chi connectivity index (χ1n) is 7.53. The van der Waals surface area contributed by atoms with Gasteiger partial charge in [0, 0.05) is 19.6 Å². The van der Waals surface area contributed by atoms with Gasteiger partial charge in [-0.25, -0.2) is 0 Å². The first kappa shape index (κ1) is 17.0. The Bertz CT molecular complexity index is 277. The van der Waals surface area contributed by atoms with Gasteiger partial charge in [-0.05, 0) is 57.7 Å². The summed E-state index contributed by atoms with van der Waals surface area (Å²) in [4.78, 5) is 9.33. The molecule has 0 saturated carbocycles. The standard InChI is InChI=1S/C14H28N4.HI/c1-13-6-4-11-18(12-13)14(15)16-7-5-10-17-8-2-3-9-17;/h13H,2-12H2,1H3,(H2,15,16);1H. The Labute approximate surface area is 134 Å². The molecule has 2 saturated heterocycles. The number of aliphatic imine (C=N–C) groups is 1. The van der Waals surface area contributed by atoms with Crippen molar-refractivity contribution in [2.24, 2.45) is 16.6 Å². The highest BCUT2D eigenvalue weighted by Gasteiger charge is 2.17. The van der Waals surface area contributed by atoms with Gasteiger partial charge in [0.05, 0.1) is 0 Å². The van der Waals surface area contributed by atoms with Crippen molar-refractivity contribution in [3.05, 3.63) is 0 Å². The van der Waals surface area contributed by atoms with Crippen LogP contribution in [0.25, 0.3) is 0 Å². The quantitative estimate of drug-likeness (QED) is 0.352. The number of rotatable bonds is 4. The number of piperidine rings is 1. The van der Waals surface area contributed by atoms with E-state index in [1.165, 1.54) is 45.3 Å². The predicted molar refractivity (Wildman–Crippen MR) is 92.2 cm³/mol. The van der Waals surface area contributed by atoms with Crippen molar-refractivity contribution in [3.8, 4) is 0 Å². The van der Waals surface area contributed by atoms with E-state index >= 15 is 0 Å². The van der Waals surface area contributed by atoms with E-state index < -0.39 is 0 Å². The first-order valence-corrected chi connectivity index (χ1v) is 7.53. The van der Waals surface area contributed by atoms with E-state index in [0.717, 1.165) is 37.9 Å². The Balaban J connectivity index is 0.00000180. The van der Waals surface area contributed by atoms with Crippen LogP contribution in [-0.4, -0.2) is 55.0 Å². The number of likely N-dealkylation sites (tertiary alicyclic amines) is 2. The van der Waals surface area contributed by atoms with Crippen LogP contribution in [0.3, 0.4) is 0 Å². The molecule has 0 aromatic rings. The molecule has 2 aliphatic heterocycles. The molecule has 2 fully saturated rings. The van der Waals surface area contributed by atoms with Gasteiger partial charge in [-0.15, -0.1) is 24.0 Å². The molecule has 1 atom stereocenters. The Hall–Kier alpha value is -0.0400. The van der Waals surface area contributed by atoms with Crippen molar-refractivity contribution >= 4 is 29.9 Å². The molecular weight excluding hydrogens is 351 g/mol. The zero-order valence-corrected chi connectivity index (χ0v) is 14.5. The second-order valence-electron chi connectivity index (χ2n) is 5.84. The minimum atomic E-state index is 0. The van der Waals surface area contributed by atoms with E-state index in [-0.39, 0.29) is 24.0 Å². The fourth-order valence-corrected chi connectivity index (χ4v) is 2.99. The van der Waals surface area contributed by atoms with Crippen LogP contribution in [-0.2, 0) is 0 Å². The van der Waals surface area contributed by atoms with Gasteiger partial charge in [0.25, 0.3) is 0 Å². The van der Waals surface area contributed by atoms with Crippen LogP contribution >= 0.6 is 24.0 Å². The second kappa shape index (κ2) is 9.00. The summed E-state index contributed by atoms with van der Waals surface area (Å²) in [5.74, 6) is 1.53. The van der Waals surface area contributed by atoms with Gasteiger partial charge in [-0.2, -0.15) is 0 Å². The summed E-state index contributed by atoms with van der Waals surface area (Å²) in [5.41, 5.74) is 6.07. The summed E-state index contributed by atoms with van der Waals surface area (Å²) >= 11 is 0. The average Bonchev–Trinajstić information content (AvgIpc) is 2.87. The molecule has 0 amide bonds. The minimum Gasteiger partial charge on any atom is -0.370 e. The van der Waals surface area contributed by atoms with Crippen LogP contribution in [0.1, 0.15) is 39.0 Å². The zero-order valence-electron chi connectivity index (χ0n) is 12.2. The molecule has 2 N–H and O–H groups in total. The first-order chi connectivity index (χ1) is 8.75. The largest absolute Gasteiger partial charge is 0.370 e. The van der Waals surface area contributed by atoms with Gasteiger partial charge in [-0.1, -0.05) is 6.92 Å². The highest BCUT2D eigenvalue weighted by molar-refractivity contribution is 14.0. The second-order valence-corrected chi connectivity index (χ2v) is 5.84. The molecule has 2 aliphatic rings. The van der Waals surface area contributed by atoms with E-state index in [0.29, 0.717) is 0 Å². The summed E-state index contributed by atoms with van der Waals surface area (Å²) in [6.07, 6.45) is 6.47. The summed E-state index contributed by atoms with van der Waals surface area (Å²) in [6.45, 7) is 9.10. The lowest BCUT2D eigenvalue weighted by Gasteiger charge is -2.31. The van der Waals surface area contributed by atoms with E-state index in [1.807, 2.05) is 0 Å². The molecule has 2 heterocycles. The lowest BCUT2D eigenvalue weighted by molar-refractivity contribution is 0.270. The number of nitrogens with zero attached hydrogens (tertiary/aromatic N) is 3. The number of hydrogen-bond acceptors (Lipinski definition) is 2. The topological polar surface area (TPSA) is 44.9 Å². The molecule has 0 aromatic heterocycles. The number of guanidine groups is 1. The van der Waals surface area contributed by atoms with Crippen molar-refractivity contribution in [1.29, 1.82) is 0 Å². The fraction of sp³-hybridized carbons (Fsp3) is 0.929. The van der Waals surface area contributed by atoms with Crippen LogP contribution < -0.4 is 5.73 Å². The maximum atomic E-state index is 6.07. The highest BCUT2D eigenvalue weighted by atomic mass is 127. The fourth-order valence-electron chi connectivity index (χ4n) is 2.99. The van der Waals surface area contributed by atoms with E-state index in [1.54, 1.807) is 0 Å². The van der Waals surface area contributed by atoms with E-state index in [2.05, 4.69) is 21.7 Å². The van der Waals surface area contributed by atoms with Crippen LogP contribution in [0, 0.1) is 5.92 Å². The molecule has 1 unspecified atom stereocenters. The van der Waals surface area contributed by atoms with Crippen LogP contribution in [0.5, 0.6) is 0 Å². The van der Waals surface area contributed by atoms with Crippen molar-refractivity contribution in [2.75, 3.05) is 39.3 Å². The molecule has 0 radical (unpaired) electrons. The third kappa shape index (κ3) is 5.85. The van der Waals surface area contributed by atoms with Crippen molar-refractivity contribution in [2.45, 2.75) is 39.0 Å². The van der Waals surface area contributed by atoms with Gasteiger partial charge in [0.15, 0.2) is 5.96 Å². The van der Waals surface area contributed by atoms with Gasteiger partial charge >= 0.3 is 0 Å². The molecule has 19 heavy (non-hydrogen) atoms. The third-order valence-corrected chi connectivity index (χ3v) is 4.09. The summed E-state index contributed by atoms with van der Waals surface area (Å²) in [7, 11) is 0. The molecule has 112 valence electrons. The molecule has 5 heteroatoms. The normalized spacial score (nSPS) is 25.4. The number of halogens is 1. The smallest absolute Gasteiger partial charge is 0.191 e. The number of nitrogens with two attached hydrogens (primary N) is 1. The zero-order chi connectivity index (χ0) is 12.8. The van der Waals surface area contributed by atoms with Crippen LogP contribution in [0.4, 0.5) is 0 Å². The molecule has 0 bridgehead atoms. The molecule has 0 aromatic carbocycles. The van der Waals surface area contributed by atoms with Gasteiger partial charge in [-0.3, -0.25) is 4.99 Å². The molecular formula is C14H29IN4. The van der Waals surface area contributed by atoms with Gasteiger partial charge in [0.2, 0.25) is 0 Å². The Morgan fingerprint density at radius 3 is 2.63 bits per heavy atom. The Morgan fingerprint density at radius 2 is 1.95 bits per heavy atom. The summed E-state index contributed by atoms with van der Waals surface area (Å²) < 4.78 is 0. The highest BCUT2D eigenvalue weighted by Crippen LogP contribution is 2.14.